The standard InChI is InChI=1S/C15H34NO2PS/c1-8-9-11-18-19(17,15(6)7)20-12-10-16(13(2)3)14(4)5/h13-15H,8-12H2,1-7H3. The van der Waals surface area contributed by atoms with Gasteiger partial charge in [-0.15, -0.1) is 0 Å². The molecule has 0 bridgehead atoms. The smallest absolute Gasteiger partial charge is 0.260 e. The van der Waals surface area contributed by atoms with Crippen LogP contribution in [0.15, 0.2) is 0 Å². The lowest BCUT2D eigenvalue weighted by atomic mass is 10.2. The van der Waals surface area contributed by atoms with E-state index in [1.807, 2.05) is 13.8 Å². The Balaban J connectivity index is 4.37. The molecule has 0 aromatic heterocycles. The third kappa shape index (κ3) is 7.49. The van der Waals surface area contributed by atoms with E-state index in [1.165, 1.54) is 11.4 Å². The van der Waals surface area contributed by atoms with Gasteiger partial charge < -0.3 is 4.52 Å². The van der Waals surface area contributed by atoms with Gasteiger partial charge in [0.15, 0.2) is 0 Å². The minimum Gasteiger partial charge on any atom is -0.321 e. The van der Waals surface area contributed by atoms with Crippen molar-refractivity contribution in [2.24, 2.45) is 0 Å². The van der Waals surface area contributed by atoms with Gasteiger partial charge in [-0.25, -0.2) is 0 Å². The average Bonchev–Trinajstić information content (AvgIpc) is 2.33. The molecule has 0 aromatic carbocycles. The van der Waals surface area contributed by atoms with Gasteiger partial charge >= 0.3 is 0 Å². The average molecular weight is 323 g/mol. The third-order valence-electron chi connectivity index (χ3n) is 3.35. The van der Waals surface area contributed by atoms with E-state index in [4.69, 9.17) is 4.52 Å². The predicted octanol–water partition coefficient (Wildman–Crippen LogP) is 5.26. The highest BCUT2D eigenvalue weighted by atomic mass is 32.7. The maximum Gasteiger partial charge on any atom is 0.260 e. The highest BCUT2D eigenvalue weighted by Crippen LogP contribution is 2.63. The zero-order chi connectivity index (χ0) is 15.8. The third-order valence-corrected chi connectivity index (χ3v) is 9.09. The second kappa shape index (κ2) is 10.3. The van der Waals surface area contributed by atoms with Crippen LogP contribution in [0.3, 0.4) is 0 Å². The van der Waals surface area contributed by atoms with Crippen molar-refractivity contribution in [3.63, 3.8) is 0 Å². The number of rotatable bonds is 11. The van der Waals surface area contributed by atoms with Gasteiger partial charge in [0.2, 0.25) is 0 Å². The maximum atomic E-state index is 12.8. The van der Waals surface area contributed by atoms with E-state index >= 15 is 0 Å². The van der Waals surface area contributed by atoms with Gasteiger partial charge in [0.1, 0.15) is 0 Å². The van der Waals surface area contributed by atoms with Crippen LogP contribution in [0.4, 0.5) is 0 Å². The van der Waals surface area contributed by atoms with Crippen molar-refractivity contribution in [3.8, 4) is 0 Å². The van der Waals surface area contributed by atoms with Crippen molar-refractivity contribution in [2.75, 3.05) is 18.9 Å². The van der Waals surface area contributed by atoms with Crippen molar-refractivity contribution in [3.05, 3.63) is 0 Å². The molecule has 0 fully saturated rings. The lowest BCUT2D eigenvalue weighted by Gasteiger charge is -2.31. The summed E-state index contributed by atoms with van der Waals surface area (Å²) in [6.07, 6.45) is 2.07. The number of hydrogen-bond donors (Lipinski definition) is 0. The van der Waals surface area contributed by atoms with Crippen molar-refractivity contribution in [2.45, 2.75) is 79.1 Å². The Morgan fingerprint density at radius 2 is 1.65 bits per heavy atom. The monoisotopic (exact) mass is 323 g/mol. The molecular weight excluding hydrogens is 289 g/mol. The van der Waals surface area contributed by atoms with Gasteiger partial charge in [-0.1, -0.05) is 38.6 Å². The predicted molar refractivity (Wildman–Crippen MR) is 93.0 cm³/mol. The molecule has 5 heteroatoms. The molecular formula is C15H34NO2PS. The number of hydrogen-bond acceptors (Lipinski definition) is 4. The first-order valence-corrected chi connectivity index (χ1v) is 11.2. The minimum atomic E-state index is -2.55. The maximum absolute atomic E-state index is 12.8. The lowest BCUT2D eigenvalue weighted by molar-refractivity contribution is 0.187. The highest BCUT2D eigenvalue weighted by molar-refractivity contribution is 8.56. The van der Waals surface area contributed by atoms with Crippen LogP contribution in [0.25, 0.3) is 0 Å². The first-order chi connectivity index (χ1) is 9.24. The summed E-state index contributed by atoms with van der Waals surface area (Å²) in [5, 5.41) is 0. The normalized spacial score (nSPS) is 15.6. The SMILES string of the molecule is CCCCOP(=O)(SCCN(C(C)C)C(C)C)C(C)C. The van der Waals surface area contributed by atoms with Crippen LogP contribution >= 0.6 is 18.0 Å². The summed E-state index contributed by atoms with van der Waals surface area (Å²) in [4.78, 5) is 2.43. The van der Waals surface area contributed by atoms with Crippen LogP contribution in [0.5, 0.6) is 0 Å². The van der Waals surface area contributed by atoms with E-state index in [0.29, 0.717) is 18.7 Å². The summed E-state index contributed by atoms with van der Waals surface area (Å²) in [5.74, 6) is 0.873. The van der Waals surface area contributed by atoms with E-state index in [-0.39, 0.29) is 5.66 Å². The first-order valence-electron chi connectivity index (χ1n) is 7.89. The summed E-state index contributed by atoms with van der Waals surface area (Å²) in [5.41, 5.74) is 0.0934. The van der Waals surface area contributed by atoms with Gasteiger partial charge in [-0.2, -0.15) is 0 Å². The molecule has 0 saturated carbocycles. The summed E-state index contributed by atoms with van der Waals surface area (Å²) >= 11 is 1.54. The molecule has 1 atom stereocenters. The molecule has 0 heterocycles. The van der Waals surface area contributed by atoms with E-state index in [1.54, 1.807) is 0 Å². The molecule has 122 valence electrons. The van der Waals surface area contributed by atoms with Crippen LogP contribution < -0.4 is 0 Å². The summed E-state index contributed by atoms with van der Waals surface area (Å²) in [6, 6.07) is 1.05. The number of nitrogens with zero attached hydrogens (tertiary/aromatic N) is 1. The molecule has 0 aliphatic heterocycles. The lowest BCUT2D eigenvalue weighted by Crippen LogP contribution is -2.38. The van der Waals surface area contributed by atoms with Crippen LogP contribution in [-0.4, -0.2) is 41.5 Å². The fourth-order valence-electron chi connectivity index (χ4n) is 2.06. The quantitative estimate of drug-likeness (QED) is 0.383. The summed E-state index contributed by atoms with van der Waals surface area (Å²) in [6.45, 7) is 14.0. The van der Waals surface area contributed by atoms with Gasteiger partial charge in [-0.3, -0.25) is 9.46 Å². The van der Waals surface area contributed by atoms with Crippen LogP contribution in [0, 0.1) is 0 Å². The molecule has 1 unspecified atom stereocenters. The second-order valence-corrected chi connectivity index (χ2v) is 11.4. The van der Waals surface area contributed by atoms with Crippen molar-refractivity contribution in [1.82, 2.24) is 4.90 Å². The molecule has 0 aliphatic carbocycles. The van der Waals surface area contributed by atoms with Crippen LogP contribution in [-0.2, 0) is 9.09 Å². The molecule has 0 spiro atoms. The Morgan fingerprint density at radius 1 is 1.10 bits per heavy atom. The Morgan fingerprint density at radius 3 is 2.05 bits per heavy atom. The van der Waals surface area contributed by atoms with E-state index in [0.717, 1.165) is 25.1 Å². The van der Waals surface area contributed by atoms with Gasteiger partial charge in [-0.05, 0) is 34.1 Å². The van der Waals surface area contributed by atoms with Gasteiger partial charge in [0, 0.05) is 30.0 Å². The molecule has 0 amide bonds. The van der Waals surface area contributed by atoms with Crippen molar-refractivity contribution >= 4 is 18.0 Å². The second-order valence-electron chi connectivity index (χ2n) is 6.08. The fraction of sp³-hybridized carbons (Fsp3) is 1.00. The van der Waals surface area contributed by atoms with Crippen LogP contribution in [0.2, 0.25) is 0 Å². The van der Waals surface area contributed by atoms with Crippen molar-refractivity contribution < 1.29 is 9.09 Å². The topological polar surface area (TPSA) is 29.5 Å². The Hall–Kier alpha value is 0.500. The largest absolute Gasteiger partial charge is 0.321 e. The summed E-state index contributed by atoms with van der Waals surface area (Å²) < 4.78 is 18.6. The molecule has 20 heavy (non-hydrogen) atoms. The zero-order valence-electron chi connectivity index (χ0n) is 14.4. The Labute approximate surface area is 130 Å². The Kier molecular flexibility index (Phi) is 10.5. The molecule has 0 saturated heterocycles. The molecule has 0 radical (unpaired) electrons. The Bertz CT molecular complexity index is 288. The minimum absolute atomic E-state index is 0.0934. The molecule has 3 nitrogen and oxygen atoms in total. The highest BCUT2D eigenvalue weighted by Gasteiger charge is 2.28. The number of unbranched alkanes of at least 4 members (excludes halogenated alkanes) is 1. The van der Waals surface area contributed by atoms with E-state index < -0.39 is 6.57 Å². The van der Waals surface area contributed by atoms with Crippen LogP contribution in [0.1, 0.15) is 61.3 Å². The van der Waals surface area contributed by atoms with Gasteiger partial charge in [0.25, 0.3) is 6.57 Å². The van der Waals surface area contributed by atoms with E-state index in [9.17, 15) is 4.57 Å². The molecule has 0 aliphatic rings. The zero-order valence-corrected chi connectivity index (χ0v) is 16.1. The molecule has 0 rings (SSSR count). The molecule has 0 aromatic rings. The van der Waals surface area contributed by atoms with Crippen molar-refractivity contribution in [1.29, 1.82) is 0 Å². The summed E-state index contributed by atoms with van der Waals surface area (Å²) in [7, 11) is 0. The molecule has 0 N–H and O–H groups in total. The van der Waals surface area contributed by atoms with E-state index in [2.05, 4.69) is 39.5 Å². The first kappa shape index (κ1) is 20.5. The van der Waals surface area contributed by atoms with Gasteiger partial charge in [0.05, 0.1) is 6.61 Å². The fourth-order valence-corrected chi connectivity index (χ4v) is 6.01.